The summed E-state index contributed by atoms with van der Waals surface area (Å²) in [6, 6.07) is 23.8. The van der Waals surface area contributed by atoms with E-state index >= 15 is 0 Å². The Labute approximate surface area is 228 Å². The third kappa shape index (κ3) is 6.14. The Bertz CT molecular complexity index is 1410. The number of aliphatic hydroxyl groups is 1. The molecule has 1 aliphatic heterocycles. The van der Waals surface area contributed by atoms with E-state index in [2.05, 4.69) is 38.3 Å². The van der Waals surface area contributed by atoms with E-state index < -0.39 is 6.10 Å². The Balaban J connectivity index is 0.930. The standard InChI is InChI=1S/C31H34N4O4/c36-24(21-38-25-11-13-29-28(18-25)33-31(39-29)23-7-2-1-3-8-23)19-34-14-16-35(17-15-34)20-30(37)32-27-12-10-22-6-4-5-9-26(22)27/h1-9,11,13,18,24,27,36H,10,12,14-17,19-21H2,(H,32,37). The van der Waals surface area contributed by atoms with Crippen molar-refractivity contribution in [3.63, 3.8) is 0 Å². The summed E-state index contributed by atoms with van der Waals surface area (Å²) in [4.78, 5) is 21.7. The van der Waals surface area contributed by atoms with Crippen molar-refractivity contribution >= 4 is 17.0 Å². The molecule has 0 spiro atoms. The Morgan fingerprint density at radius 1 is 1.03 bits per heavy atom. The number of carbonyl (C=O) groups excluding carboxylic acids is 1. The Morgan fingerprint density at radius 3 is 2.64 bits per heavy atom. The summed E-state index contributed by atoms with van der Waals surface area (Å²) in [6.07, 6.45) is 1.38. The van der Waals surface area contributed by atoms with Gasteiger partial charge in [-0.15, -0.1) is 0 Å². The first-order valence-electron chi connectivity index (χ1n) is 13.7. The number of nitrogens with one attached hydrogen (secondary N) is 1. The lowest BCUT2D eigenvalue weighted by atomic mass is 10.1. The summed E-state index contributed by atoms with van der Waals surface area (Å²) in [5, 5.41) is 13.8. The Hall–Kier alpha value is -3.72. The summed E-state index contributed by atoms with van der Waals surface area (Å²) in [5.74, 6) is 1.30. The lowest BCUT2D eigenvalue weighted by Gasteiger charge is -2.35. The van der Waals surface area contributed by atoms with Gasteiger partial charge in [0, 0.05) is 44.4 Å². The lowest BCUT2D eigenvalue weighted by molar-refractivity contribution is -0.123. The third-order valence-electron chi connectivity index (χ3n) is 7.59. The van der Waals surface area contributed by atoms with Crippen molar-refractivity contribution in [1.29, 1.82) is 0 Å². The number of benzene rings is 3. The molecule has 3 aromatic carbocycles. The van der Waals surface area contributed by atoms with Crippen LogP contribution in [0.2, 0.25) is 0 Å². The second-order valence-corrected chi connectivity index (χ2v) is 10.4. The molecule has 2 N–H and O–H groups in total. The molecule has 0 radical (unpaired) electrons. The largest absolute Gasteiger partial charge is 0.491 e. The monoisotopic (exact) mass is 526 g/mol. The predicted octanol–water partition coefficient (Wildman–Crippen LogP) is 3.66. The van der Waals surface area contributed by atoms with Crippen molar-refractivity contribution in [2.24, 2.45) is 0 Å². The molecule has 8 heteroatoms. The molecule has 2 unspecified atom stereocenters. The van der Waals surface area contributed by atoms with Crippen LogP contribution in [-0.2, 0) is 11.2 Å². The molecule has 8 nitrogen and oxygen atoms in total. The molecule has 39 heavy (non-hydrogen) atoms. The summed E-state index contributed by atoms with van der Waals surface area (Å²) in [7, 11) is 0. The number of nitrogens with zero attached hydrogens (tertiary/aromatic N) is 3. The van der Waals surface area contributed by atoms with Crippen molar-refractivity contribution in [3.05, 3.63) is 83.9 Å². The number of rotatable bonds is 9. The number of aromatic nitrogens is 1. The number of oxazole rings is 1. The van der Waals surface area contributed by atoms with Gasteiger partial charge in [0.05, 0.1) is 12.6 Å². The summed E-state index contributed by atoms with van der Waals surface area (Å²) < 4.78 is 11.7. The van der Waals surface area contributed by atoms with Gasteiger partial charge >= 0.3 is 0 Å². The summed E-state index contributed by atoms with van der Waals surface area (Å²) >= 11 is 0. The molecule has 2 atom stereocenters. The second kappa shape index (κ2) is 11.6. The van der Waals surface area contributed by atoms with Gasteiger partial charge in [0.1, 0.15) is 24.0 Å². The average molecular weight is 527 g/mol. The maximum absolute atomic E-state index is 12.7. The van der Waals surface area contributed by atoms with Crippen LogP contribution >= 0.6 is 0 Å². The summed E-state index contributed by atoms with van der Waals surface area (Å²) in [5.41, 5.74) is 4.94. The number of β-amino-alcohol motifs (C(OH)–C–C–N with tert-alkyl or cyclic N) is 1. The lowest BCUT2D eigenvalue weighted by Crippen LogP contribution is -2.51. The number of hydrogen-bond acceptors (Lipinski definition) is 7. The van der Waals surface area contributed by atoms with Crippen LogP contribution in [-0.4, -0.2) is 77.8 Å². The smallest absolute Gasteiger partial charge is 0.234 e. The highest BCUT2D eigenvalue weighted by Gasteiger charge is 2.25. The number of aliphatic hydroxyl groups excluding tert-OH is 1. The number of fused-ring (bicyclic) bond motifs is 2. The normalized spacial score (nSPS) is 18.6. The van der Waals surface area contributed by atoms with Crippen molar-refractivity contribution in [3.8, 4) is 17.2 Å². The van der Waals surface area contributed by atoms with Crippen LogP contribution in [0, 0.1) is 0 Å². The van der Waals surface area contributed by atoms with Gasteiger partial charge in [0.2, 0.25) is 11.8 Å². The van der Waals surface area contributed by atoms with Crippen LogP contribution in [0.15, 0.2) is 77.2 Å². The van der Waals surface area contributed by atoms with Crippen molar-refractivity contribution in [1.82, 2.24) is 20.1 Å². The van der Waals surface area contributed by atoms with Gasteiger partial charge in [-0.1, -0.05) is 42.5 Å². The average Bonchev–Trinajstić information content (AvgIpc) is 3.57. The fourth-order valence-electron chi connectivity index (χ4n) is 5.52. The van der Waals surface area contributed by atoms with E-state index in [0.29, 0.717) is 30.3 Å². The molecule has 6 rings (SSSR count). The zero-order chi connectivity index (χ0) is 26.6. The fourth-order valence-corrected chi connectivity index (χ4v) is 5.52. The van der Waals surface area contributed by atoms with Gasteiger partial charge < -0.3 is 19.6 Å². The molecule has 2 aliphatic rings. The number of hydrogen-bond donors (Lipinski definition) is 2. The molecule has 0 saturated carbocycles. The second-order valence-electron chi connectivity index (χ2n) is 10.4. The van der Waals surface area contributed by atoms with Crippen LogP contribution in [0.4, 0.5) is 0 Å². The molecule has 1 aliphatic carbocycles. The SMILES string of the molecule is O=C(CN1CCN(CC(O)COc2ccc3oc(-c4ccccc4)nc3c2)CC1)NC1CCc2ccccc21. The molecule has 1 aromatic heterocycles. The molecular formula is C31H34N4O4. The fraction of sp³-hybridized carbons (Fsp3) is 0.355. The zero-order valence-electron chi connectivity index (χ0n) is 22.0. The number of ether oxygens (including phenoxy) is 1. The molecule has 4 aromatic rings. The van der Waals surface area contributed by atoms with Gasteiger partial charge in [-0.2, -0.15) is 0 Å². The number of carbonyl (C=O) groups is 1. The highest BCUT2D eigenvalue weighted by atomic mass is 16.5. The first-order chi connectivity index (χ1) is 19.1. The number of piperazine rings is 1. The molecule has 0 bridgehead atoms. The molecular weight excluding hydrogens is 492 g/mol. The van der Waals surface area contributed by atoms with E-state index in [0.717, 1.165) is 50.1 Å². The van der Waals surface area contributed by atoms with Crippen molar-refractivity contribution < 1.29 is 19.1 Å². The highest BCUT2D eigenvalue weighted by molar-refractivity contribution is 5.79. The first-order valence-corrected chi connectivity index (χ1v) is 13.7. The van der Waals surface area contributed by atoms with Crippen LogP contribution in [0.1, 0.15) is 23.6 Å². The van der Waals surface area contributed by atoms with Gasteiger partial charge in [-0.3, -0.25) is 14.6 Å². The van der Waals surface area contributed by atoms with Crippen LogP contribution in [0.25, 0.3) is 22.6 Å². The van der Waals surface area contributed by atoms with Crippen molar-refractivity contribution in [2.75, 3.05) is 45.9 Å². The number of amides is 1. The zero-order valence-corrected chi connectivity index (χ0v) is 22.0. The Morgan fingerprint density at radius 2 is 1.79 bits per heavy atom. The van der Waals surface area contributed by atoms with Gasteiger partial charge in [0.15, 0.2) is 5.58 Å². The molecule has 1 fully saturated rings. The number of aryl methyl sites for hydroxylation is 1. The quantitative estimate of drug-likeness (QED) is 0.344. The summed E-state index contributed by atoms with van der Waals surface area (Å²) in [6.45, 7) is 4.36. The van der Waals surface area contributed by atoms with Gasteiger partial charge in [0.25, 0.3) is 0 Å². The van der Waals surface area contributed by atoms with E-state index in [4.69, 9.17) is 9.15 Å². The third-order valence-corrected chi connectivity index (χ3v) is 7.59. The minimum atomic E-state index is -0.616. The van der Waals surface area contributed by atoms with Gasteiger partial charge in [-0.05, 0) is 48.2 Å². The maximum Gasteiger partial charge on any atom is 0.234 e. The van der Waals surface area contributed by atoms with E-state index in [-0.39, 0.29) is 18.6 Å². The van der Waals surface area contributed by atoms with E-state index in [1.807, 2.05) is 54.6 Å². The molecule has 202 valence electrons. The topological polar surface area (TPSA) is 91.1 Å². The maximum atomic E-state index is 12.7. The molecule has 1 amide bonds. The van der Waals surface area contributed by atoms with Crippen molar-refractivity contribution in [2.45, 2.75) is 25.0 Å². The van der Waals surface area contributed by atoms with E-state index in [9.17, 15) is 9.90 Å². The molecule has 2 heterocycles. The van der Waals surface area contributed by atoms with Crippen LogP contribution in [0.3, 0.4) is 0 Å². The minimum Gasteiger partial charge on any atom is -0.491 e. The van der Waals surface area contributed by atoms with Crippen LogP contribution < -0.4 is 10.1 Å². The first kappa shape index (κ1) is 25.6. The molecule has 1 saturated heterocycles. The predicted molar refractivity (Wildman–Crippen MR) is 149 cm³/mol. The Kier molecular flexibility index (Phi) is 7.58. The van der Waals surface area contributed by atoms with E-state index in [1.54, 1.807) is 0 Å². The van der Waals surface area contributed by atoms with E-state index in [1.165, 1.54) is 11.1 Å². The van der Waals surface area contributed by atoms with Crippen LogP contribution in [0.5, 0.6) is 5.75 Å². The van der Waals surface area contributed by atoms with Gasteiger partial charge in [-0.25, -0.2) is 4.98 Å². The minimum absolute atomic E-state index is 0.0820. The highest BCUT2D eigenvalue weighted by Crippen LogP contribution is 2.30.